The molecule has 0 amide bonds. The summed E-state index contributed by atoms with van der Waals surface area (Å²) in [6.45, 7) is 6.39. The van der Waals surface area contributed by atoms with Crippen molar-refractivity contribution >= 4 is 5.69 Å². The van der Waals surface area contributed by atoms with Gasteiger partial charge in [-0.2, -0.15) is 0 Å². The first-order valence-corrected chi connectivity index (χ1v) is 6.30. The zero-order chi connectivity index (χ0) is 12.7. The monoisotopic (exact) mass is 236 g/mol. The number of rotatable bonds is 7. The number of hydrogen-bond acceptors (Lipinski definition) is 3. The Kier molecular flexibility index (Phi) is 6.01. The van der Waals surface area contributed by atoms with Crippen LogP contribution in [0.25, 0.3) is 0 Å². The van der Waals surface area contributed by atoms with Gasteiger partial charge in [0.05, 0.1) is 0 Å². The fourth-order valence-corrected chi connectivity index (χ4v) is 2.03. The number of aliphatic hydroxyl groups excluding tert-OH is 1. The molecule has 0 aliphatic carbocycles. The van der Waals surface area contributed by atoms with Crippen molar-refractivity contribution in [1.82, 2.24) is 5.32 Å². The van der Waals surface area contributed by atoms with Crippen molar-refractivity contribution in [3.8, 4) is 0 Å². The summed E-state index contributed by atoms with van der Waals surface area (Å²) in [6, 6.07) is 8.90. The van der Waals surface area contributed by atoms with Gasteiger partial charge < -0.3 is 15.3 Å². The molecule has 2 N–H and O–H groups in total. The van der Waals surface area contributed by atoms with Crippen molar-refractivity contribution in [2.45, 2.75) is 32.9 Å². The Hall–Kier alpha value is -1.06. The number of anilines is 1. The van der Waals surface area contributed by atoms with E-state index in [1.165, 1.54) is 11.3 Å². The van der Waals surface area contributed by atoms with Crippen LogP contribution >= 0.6 is 0 Å². The van der Waals surface area contributed by atoms with Crippen LogP contribution < -0.4 is 10.2 Å². The summed E-state index contributed by atoms with van der Waals surface area (Å²) in [4.78, 5) is 2.35. The Morgan fingerprint density at radius 2 is 2.00 bits per heavy atom. The first kappa shape index (κ1) is 14.0. The summed E-state index contributed by atoms with van der Waals surface area (Å²) in [5, 5.41) is 12.2. The fourth-order valence-electron chi connectivity index (χ4n) is 2.03. The summed E-state index contributed by atoms with van der Waals surface area (Å²) in [5.74, 6) is 0. The Bertz CT molecular complexity index is 326. The normalized spacial score (nSPS) is 10.9. The van der Waals surface area contributed by atoms with E-state index < -0.39 is 0 Å². The molecule has 1 aromatic rings. The maximum absolute atomic E-state index is 8.98. The summed E-state index contributed by atoms with van der Waals surface area (Å²) < 4.78 is 0. The molecule has 0 aliphatic rings. The SMILES string of the molecule is CNCc1ccccc1N(CCCO)C(C)C. The van der Waals surface area contributed by atoms with E-state index in [1.54, 1.807) is 0 Å². The Morgan fingerprint density at radius 1 is 1.29 bits per heavy atom. The maximum atomic E-state index is 8.98. The quantitative estimate of drug-likeness (QED) is 0.760. The molecule has 1 aromatic carbocycles. The zero-order valence-electron chi connectivity index (χ0n) is 11.1. The van der Waals surface area contributed by atoms with Gasteiger partial charge in [0.15, 0.2) is 0 Å². The molecule has 1 rings (SSSR count). The predicted octanol–water partition coefficient (Wildman–Crippen LogP) is 2.00. The molecule has 3 heteroatoms. The zero-order valence-corrected chi connectivity index (χ0v) is 11.1. The average Bonchev–Trinajstić information content (AvgIpc) is 2.31. The van der Waals surface area contributed by atoms with Gasteiger partial charge in [0.25, 0.3) is 0 Å². The number of benzene rings is 1. The first-order valence-electron chi connectivity index (χ1n) is 6.30. The van der Waals surface area contributed by atoms with E-state index in [9.17, 15) is 0 Å². The third-order valence-corrected chi connectivity index (χ3v) is 2.85. The minimum atomic E-state index is 0.247. The minimum absolute atomic E-state index is 0.247. The average molecular weight is 236 g/mol. The molecule has 17 heavy (non-hydrogen) atoms. The van der Waals surface area contributed by atoms with E-state index in [1.807, 2.05) is 7.05 Å². The van der Waals surface area contributed by atoms with Crippen LogP contribution in [0.2, 0.25) is 0 Å². The predicted molar refractivity (Wildman–Crippen MR) is 73.4 cm³/mol. The molecule has 0 unspecified atom stereocenters. The molecule has 0 radical (unpaired) electrons. The molecular formula is C14H24N2O. The van der Waals surface area contributed by atoms with E-state index in [4.69, 9.17) is 5.11 Å². The largest absolute Gasteiger partial charge is 0.396 e. The molecule has 0 bridgehead atoms. The van der Waals surface area contributed by atoms with Crippen LogP contribution in [0, 0.1) is 0 Å². The third-order valence-electron chi connectivity index (χ3n) is 2.85. The van der Waals surface area contributed by atoms with E-state index in [0.717, 1.165) is 19.5 Å². The van der Waals surface area contributed by atoms with E-state index in [2.05, 4.69) is 48.3 Å². The van der Waals surface area contributed by atoms with Gasteiger partial charge in [-0.15, -0.1) is 0 Å². The molecule has 0 atom stereocenters. The lowest BCUT2D eigenvalue weighted by atomic mass is 10.1. The smallest absolute Gasteiger partial charge is 0.0447 e. The van der Waals surface area contributed by atoms with E-state index in [-0.39, 0.29) is 6.61 Å². The van der Waals surface area contributed by atoms with Crippen LogP contribution in [0.3, 0.4) is 0 Å². The second-order valence-corrected chi connectivity index (χ2v) is 4.52. The molecule has 96 valence electrons. The Balaban J connectivity index is 2.91. The van der Waals surface area contributed by atoms with Crippen molar-refractivity contribution in [2.75, 3.05) is 25.1 Å². The molecule has 0 aliphatic heterocycles. The Labute approximate surface area is 104 Å². The molecule has 0 spiro atoms. The highest BCUT2D eigenvalue weighted by Gasteiger charge is 2.13. The maximum Gasteiger partial charge on any atom is 0.0447 e. The molecule has 0 heterocycles. The lowest BCUT2D eigenvalue weighted by Gasteiger charge is -2.31. The molecule has 0 saturated carbocycles. The standard InChI is InChI=1S/C14H24N2O/c1-12(2)16(9-6-10-17)14-8-5-4-7-13(14)11-15-3/h4-5,7-8,12,15,17H,6,9-11H2,1-3H3. The Morgan fingerprint density at radius 3 is 2.59 bits per heavy atom. The van der Waals surface area contributed by atoms with Crippen LogP contribution in [0.5, 0.6) is 0 Å². The lowest BCUT2D eigenvalue weighted by Crippen LogP contribution is -2.33. The van der Waals surface area contributed by atoms with Gasteiger partial charge in [-0.1, -0.05) is 18.2 Å². The summed E-state index contributed by atoms with van der Waals surface area (Å²) in [7, 11) is 1.96. The van der Waals surface area contributed by atoms with E-state index in [0.29, 0.717) is 6.04 Å². The van der Waals surface area contributed by atoms with Gasteiger partial charge in [0.2, 0.25) is 0 Å². The molecule has 0 fully saturated rings. The fraction of sp³-hybridized carbons (Fsp3) is 0.571. The summed E-state index contributed by atoms with van der Waals surface area (Å²) in [6.07, 6.45) is 0.812. The molecule has 0 saturated heterocycles. The molecular weight excluding hydrogens is 212 g/mol. The van der Waals surface area contributed by atoms with E-state index >= 15 is 0 Å². The van der Waals surface area contributed by atoms with Crippen molar-refractivity contribution in [3.63, 3.8) is 0 Å². The van der Waals surface area contributed by atoms with Crippen LogP contribution in [0.1, 0.15) is 25.8 Å². The topological polar surface area (TPSA) is 35.5 Å². The second-order valence-electron chi connectivity index (χ2n) is 4.52. The molecule has 3 nitrogen and oxygen atoms in total. The second kappa shape index (κ2) is 7.30. The third kappa shape index (κ3) is 4.02. The van der Waals surface area contributed by atoms with Crippen LogP contribution in [0.4, 0.5) is 5.69 Å². The van der Waals surface area contributed by atoms with Gasteiger partial charge in [-0.25, -0.2) is 0 Å². The van der Waals surface area contributed by atoms with Crippen molar-refractivity contribution in [2.24, 2.45) is 0 Å². The van der Waals surface area contributed by atoms with Crippen molar-refractivity contribution < 1.29 is 5.11 Å². The van der Waals surface area contributed by atoms with Crippen molar-refractivity contribution in [1.29, 1.82) is 0 Å². The van der Waals surface area contributed by atoms with Crippen LogP contribution in [0.15, 0.2) is 24.3 Å². The van der Waals surface area contributed by atoms with Gasteiger partial charge in [0.1, 0.15) is 0 Å². The van der Waals surface area contributed by atoms with Crippen LogP contribution in [-0.4, -0.2) is 31.3 Å². The summed E-state index contributed by atoms with van der Waals surface area (Å²) in [5.41, 5.74) is 2.58. The van der Waals surface area contributed by atoms with Gasteiger partial charge in [-0.05, 0) is 38.9 Å². The number of para-hydroxylation sites is 1. The highest BCUT2D eigenvalue weighted by Crippen LogP contribution is 2.22. The lowest BCUT2D eigenvalue weighted by molar-refractivity contribution is 0.288. The van der Waals surface area contributed by atoms with Gasteiger partial charge >= 0.3 is 0 Å². The van der Waals surface area contributed by atoms with Gasteiger partial charge in [-0.3, -0.25) is 0 Å². The highest BCUT2D eigenvalue weighted by molar-refractivity contribution is 5.54. The number of aliphatic hydroxyl groups is 1. The van der Waals surface area contributed by atoms with Gasteiger partial charge in [0, 0.05) is 31.4 Å². The highest BCUT2D eigenvalue weighted by atomic mass is 16.3. The number of hydrogen-bond donors (Lipinski definition) is 2. The minimum Gasteiger partial charge on any atom is -0.396 e. The first-order chi connectivity index (χ1) is 8.20. The summed E-state index contributed by atoms with van der Waals surface area (Å²) >= 11 is 0. The number of nitrogens with zero attached hydrogens (tertiary/aromatic N) is 1. The van der Waals surface area contributed by atoms with Crippen molar-refractivity contribution in [3.05, 3.63) is 29.8 Å². The number of nitrogens with one attached hydrogen (secondary N) is 1. The van der Waals surface area contributed by atoms with Crippen LogP contribution in [-0.2, 0) is 6.54 Å². The molecule has 0 aromatic heterocycles.